The Labute approximate surface area is 122 Å². The molecule has 1 amide bonds. The molecule has 2 heterocycles. The van der Waals surface area contributed by atoms with Crippen LogP contribution in [0.5, 0.6) is 0 Å². The lowest BCUT2D eigenvalue weighted by molar-refractivity contribution is 0.102. The first kappa shape index (κ1) is 13.3. The zero-order valence-electron chi connectivity index (χ0n) is 11.7. The molecule has 0 aliphatic heterocycles. The maximum Gasteiger partial charge on any atom is 0.255 e. The molecular weight excluding hydrogens is 264 g/mol. The van der Waals surface area contributed by atoms with E-state index in [4.69, 9.17) is 5.73 Å². The van der Waals surface area contributed by atoms with Gasteiger partial charge in [-0.15, -0.1) is 0 Å². The molecule has 0 atom stereocenters. The van der Waals surface area contributed by atoms with Crippen LogP contribution in [0.2, 0.25) is 0 Å². The highest BCUT2D eigenvalue weighted by molar-refractivity contribution is 6.05. The molecule has 0 bridgehead atoms. The predicted octanol–water partition coefficient (Wildman–Crippen LogP) is 2.58. The van der Waals surface area contributed by atoms with Gasteiger partial charge in [0.1, 0.15) is 0 Å². The number of anilines is 1. The Morgan fingerprint density at radius 1 is 1.29 bits per heavy atom. The molecule has 5 heteroatoms. The molecule has 3 rings (SSSR count). The lowest BCUT2D eigenvalue weighted by Gasteiger charge is -2.06. The number of nitrogens with one attached hydrogen (secondary N) is 2. The van der Waals surface area contributed by atoms with E-state index < -0.39 is 0 Å². The van der Waals surface area contributed by atoms with E-state index in [1.165, 1.54) is 0 Å². The Balaban J connectivity index is 1.84. The molecular formula is C16H16N4O. The number of benzene rings is 1. The normalized spacial score (nSPS) is 10.8. The molecule has 2 aromatic heterocycles. The number of hydrogen-bond acceptors (Lipinski definition) is 3. The molecule has 4 N–H and O–H groups in total. The number of aryl methyl sites for hydroxylation is 1. The summed E-state index contributed by atoms with van der Waals surface area (Å²) < 4.78 is 0. The maximum absolute atomic E-state index is 12.2. The number of rotatable bonds is 3. The van der Waals surface area contributed by atoms with E-state index >= 15 is 0 Å². The summed E-state index contributed by atoms with van der Waals surface area (Å²) in [5.41, 5.74) is 9.69. The SMILES string of the molecule is Cc1cc2cc(NC(=O)c3ccnc(CN)c3)ccc2[nH]1. The van der Waals surface area contributed by atoms with Crippen molar-refractivity contribution >= 4 is 22.5 Å². The number of aromatic amines is 1. The van der Waals surface area contributed by atoms with Crippen molar-refractivity contribution in [2.24, 2.45) is 5.73 Å². The third kappa shape index (κ3) is 2.78. The van der Waals surface area contributed by atoms with Crippen LogP contribution in [0.4, 0.5) is 5.69 Å². The molecule has 0 fully saturated rings. The molecule has 21 heavy (non-hydrogen) atoms. The highest BCUT2D eigenvalue weighted by Gasteiger charge is 2.08. The monoisotopic (exact) mass is 280 g/mol. The number of H-pyrrole nitrogens is 1. The molecule has 1 aromatic carbocycles. The van der Waals surface area contributed by atoms with Crippen LogP contribution < -0.4 is 11.1 Å². The number of pyridine rings is 1. The van der Waals surface area contributed by atoms with Gasteiger partial charge in [0.25, 0.3) is 5.91 Å². The molecule has 3 aromatic rings. The Bertz CT molecular complexity index is 807. The largest absolute Gasteiger partial charge is 0.359 e. The van der Waals surface area contributed by atoms with E-state index in [1.807, 2.05) is 31.2 Å². The van der Waals surface area contributed by atoms with Gasteiger partial charge in [0, 0.05) is 40.6 Å². The van der Waals surface area contributed by atoms with Gasteiger partial charge in [-0.25, -0.2) is 0 Å². The first-order chi connectivity index (χ1) is 10.2. The van der Waals surface area contributed by atoms with Gasteiger partial charge in [-0.3, -0.25) is 9.78 Å². The second-order valence-electron chi connectivity index (χ2n) is 4.95. The summed E-state index contributed by atoms with van der Waals surface area (Å²) in [6, 6.07) is 11.2. The van der Waals surface area contributed by atoms with Crippen LogP contribution in [0.25, 0.3) is 10.9 Å². The van der Waals surface area contributed by atoms with E-state index in [-0.39, 0.29) is 5.91 Å². The zero-order chi connectivity index (χ0) is 14.8. The van der Waals surface area contributed by atoms with Gasteiger partial charge < -0.3 is 16.0 Å². The summed E-state index contributed by atoms with van der Waals surface area (Å²) in [7, 11) is 0. The van der Waals surface area contributed by atoms with Gasteiger partial charge in [0.05, 0.1) is 5.69 Å². The Kier molecular flexibility index (Phi) is 3.41. The van der Waals surface area contributed by atoms with Crippen LogP contribution in [0.1, 0.15) is 21.7 Å². The number of carbonyl (C=O) groups is 1. The maximum atomic E-state index is 12.2. The molecule has 0 saturated carbocycles. The molecule has 106 valence electrons. The van der Waals surface area contributed by atoms with Gasteiger partial charge in [-0.05, 0) is 43.3 Å². The smallest absolute Gasteiger partial charge is 0.255 e. The van der Waals surface area contributed by atoms with E-state index in [0.29, 0.717) is 17.8 Å². The lowest BCUT2D eigenvalue weighted by atomic mass is 10.2. The third-order valence-electron chi connectivity index (χ3n) is 3.30. The lowest BCUT2D eigenvalue weighted by Crippen LogP contribution is -2.13. The average molecular weight is 280 g/mol. The van der Waals surface area contributed by atoms with Crippen molar-refractivity contribution in [1.29, 1.82) is 0 Å². The summed E-state index contributed by atoms with van der Waals surface area (Å²) in [5, 5.41) is 3.96. The molecule has 0 unspecified atom stereocenters. The van der Waals surface area contributed by atoms with Crippen LogP contribution in [0.3, 0.4) is 0 Å². The van der Waals surface area contributed by atoms with Crippen LogP contribution >= 0.6 is 0 Å². The highest BCUT2D eigenvalue weighted by Crippen LogP contribution is 2.20. The van der Waals surface area contributed by atoms with Crippen molar-refractivity contribution < 1.29 is 4.79 Å². The Hall–Kier alpha value is -2.66. The molecule has 0 aliphatic carbocycles. The average Bonchev–Trinajstić information content (AvgIpc) is 2.86. The zero-order valence-corrected chi connectivity index (χ0v) is 11.7. The van der Waals surface area contributed by atoms with Crippen molar-refractivity contribution in [3.05, 3.63) is 59.5 Å². The number of aromatic nitrogens is 2. The summed E-state index contributed by atoms with van der Waals surface area (Å²) in [6.07, 6.45) is 1.59. The van der Waals surface area contributed by atoms with Crippen molar-refractivity contribution in [3.8, 4) is 0 Å². The fourth-order valence-electron chi connectivity index (χ4n) is 2.29. The van der Waals surface area contributed by atoms with Crippen LogP contribution in [-0.2, 0) is 6.54 Å². The first-order valence-electron chi connectivity index (χ1n) is 6.71. The van der Waals surface area contributed by atoms with Crippen molar-refractivity contribution in [2.45, 2.75) is 13.5 Å². The minimum atomic E-state index is -0.168. The standard InChI is InChI=1S/C16H16N4O/c1-10-6-12-8-13(2-3-15(12)19-10)20-16(21)11-4-5-18-14(7-11)9-17/h2-8,19H,9,17H2,1H3,(H,20,21). The number of nitrogens with zero attached hydrogens (tertiary/aromatic N) is 1. The number of nitrogens with two attached hydrogens (primary N) is 1. The minimum Gasteiger partial charge on any atom is -0.359 e. The summed E-state index contributed by atoms with van der Waals surface area (Å²) in [4.78, 5) is 19.6. The molecule has 0 spiro atoms. The quantitative estimate of drug-likeness (QED) is 0.689. The van der Waals surface area contributed by atoms with Gasteiger partial charge in [-0.1, -0.05) is 0 Å². The Morgan fingerprint density at radius 3 is 2.95 bits per heavy atom. The number of carbonyl (C=O) groups excluding carboxylic acids is 1. The minimum absolute atomic E-state index is 0.168. The van der Waals surface area contributed by atoms with Crippen molar-refractivity contribution in [1.82, 2.24) is 9.97 Å². The van der Waals surface area contributed by atoms with E-state index in [0.717, 1.165) is 22.3 Å². The van der Waals surface area contributed by atoms with E-state index in [9.17, 15) is 4.79 Å². The molecule has 5 nitrogen and oxygen atoms in total. The third-order valence-corrected chi connectivity index (χ3v) is 3.30. The summed E-state index contributed by atoms with van der Waals surface area (Å²) >= 11 is 0. The van der Waals surface area contributed by atoms with Crippen LogP contribution in [0.15, 0.2) is 42.6 Å². The Morgan fingerprint density at radius 2 is 2.14 bits per heavy atom. The second kappa shape index (κ2) is 5.38. The predicted molar refractivity (Wildman–Crippen MR) is 83.1 cm³/mol. The van der Waals surface area contributed by atoms with E-state index in [2.05, 4.69) is 15.3 Å². The van der Waals surface area contributed by atoms with Gasteiger partial charge >= 0.3 is 0 Å². The number of fused-ring (bicyclic) bond motifs is 1. The highest BCUT2D eigenvalue weighted by atomic mass is 16.1. The first-order valence-corrected chi connectivity index (χ1v) is 6.71. The molecule has 0 aliphatic rings. The summed E-state index contributed by atoms with van der Waals surface area (Å²) in [6.45, 7) is 2.32. The fourth-order valence-corrected chi connectivity index (χ4v) is 2.29. The fraction of sp³-hybridized carbons (Fsp3) is 0.125. The van der Waals surface area contributed by atoms with Crippen LogP contribution in [0, 0.1) is 6.92 Å². The summed E-state index contributed by atoms with van der Waals surface area (Å²) in [5.74, 6) is -0.168. The van der Waals surface area contributed by atoms with Crippen LogP contribution in [-0.4, -0.2) is 15.9 Å². The number of amides is 1. The van der Waals surface area contributed by atoms with Gasteiger partial charge in [0.15, 0.2) is 0 Å². The van der Waals surface area contributed by atoms with Gasteiger partial charge in [0.2, 0.25) is 0 Å². The number of hydrogen-bond donors (Lipinski definition) is 3. The van der Waals surface area contributed by atoms with Crippen molar-refractivity contribution in [2.75, 3.05) is 5.32 Å². The molecule has 0 saturated heterocycles. The van der Waals surface area contributed by atoms with E-state index in [1.54, 1.807) is 18.3 Å². The molecule has 0 radical (unpaired) electrons. The van der Waals surface area contributed by atoms with Gasteiger partial charge in [-0.2, -0.15) is 0 Å². The van der Waals surface area contributed by atoms with Crippen molar-refractivity contribution in [3.63, 3.8) is 0 Å². The second-order valence-corrected chi connectivity index (χ2v) is 4.95. The topological polar surface area (TPSA) is 83.8 Å².